The number of Topliss-reactive ketones (excluding diaryl/α,β-unsaturated/α-hetero) is 1. The van der Waals surface area contributed by atoms with E-state index in [-0.39, 0.29) is 49.1 Å². The average molecular weight is 897 g/mol. The van der Waals surface area contributed by atoms with Crippen LogP contribution in [-0.2, 0) is 37.4 Å². The van der Waals surface area contributed by atoms with Crippen molar-refractivity contribution in [3.8, 4) is 12.3 Å². The van der Waals surface area contributed by atoms with Crippen molar-refractivity contribution in [3.63, 3.8) is 0 Å². The summed E-state index contributed by atoms with van der Waals surface area (Å²) in [5, 5.41) is 25.1. The van der Waals surface area contributed by atoms with Gasteiger partial charge in [-0.3, -0.25) is 4.79 Å². The average Bonchev–Trinajstić information content (AvgIpc) is 3.09. The molecule has 0 fully saturated rings. The van der Waals surface area contributed by atoms with E-state index in [9.17, 15) is 28.5 Å². The van der Waals surface area contributed by atoms with E-state index in [0.717, 1.165) is 21.1 Å². The number of nitrogens with one attached hydrogen (secondary N) is 3. The van der Waals surface area contributed by atoms with Gasteiger partial charge in [0.05, 0.1) is 31.3 Å². The van der Waals surface area contributed by atoms with E-state index >= 15 is 0 Å². The van der Waals surface area contributed by atoms with E-state index in [1.54, 1.807) is 41.5 Å². The van der Waals surface area contributed by atoms with Crippen LogP contribution >= 0.6 is 7.60 Å². The fourth-order valence-electron chi connectivity index (χ4n) is 3.30. The van der Waals surface area contributed by atoms with Crippen LogP contribution in [0.3, 0.4) is 0 Å². The van der Waals surface area contributed by atoms with Crippen LogP contribution in [0.25, 0.3) is 5.53 Å². The normalized spacial score (nSPS) is 13.1. The first-order valence-electron chi connectivity index (χ1n) is 19.8. The molecule has 19 nitrogen and oxygen atoms in total. The molecule has 0 rings (SSSR count). The molecular formula is C41H81N6O13P. The summed E-state index contributed by atoms with van der Waals surface area (Å²) < 4.78 is 35.4. The SMILES string of the molecule is C#C[C@H](NC(=O)OC(C)(C)C)C(C)C.CC(C)[C@@H](N)CO.CC(C)[C@H](C=O)NC(=O)OC(C)(C)C.CC(C)[C@H](CO)NC(=O)OC(C)(C)C.COP(=O)(OC)C(=[N+]=[N-])C(C)=O. The Balaban J connectivity index is -0.000000218. The number of hydrogen-bond donors (Lipinski definition) is 6. The number of terminal acetylenes is 1. The predicted molar refractivity (Wildman–Crippen MR) is 237 cm³/mol. The molecule has 0 aromatic heterocycles. The molecule has 0 saturated carbocycles. The van der Waals surface area contributed by atoms with Crippen LogP contribution < -0.4 is 21.7 Å². The number of carbonyl (C=O) groups is 5. The van der Waals surface area contributed by atoms with Crippen LogP contribution in [0.2, 0.25) is 0 Å². The molecule has 61 heavy (non-hydrogen) atoms. The van der Waals surface area contributed by atoms with Crippen LogP contribution in [0.1, 0.15) is 125 Å². The Hall–Kier alpha value is -3.88. The first-order valence-corrected chi connectivity index (χ1v) is 21.3. The summed E-state index contributed by atoms with van der Waals surface area (Å²) in [4.78, 5) is 57.7. The van der Waals surface area contributed by atoms with Gasteiger partial charge in [0, 0.05) is 27.2 Å². The van der Waals surface area contributed by atoms with Gasteiger partial charge >= 0.3 is 31.3 Å². The third kappa shape index (κ3) is 38.8. The highest BCUT2D eigenvalue weighted by Crippen LogP contribution is 2.47. The molecule has 0 unspecified atom stereocenters. The second-order valence-electron chi connectivity index (χ2n) is 17.7. The molecule has 20 heteroatoms. The van der Waals surface area contributed by atoms with Crippen LogP contribution in [0, 0.1) is 36.0 Å². The third-order valence-corrected chi connectivity index (χ3v) is 8.87. The number of amides is 3. The summed E-state index contributed by atoms with van der Waals surface area (Å²) in [6.07, 6.45) is 4.48. The summed E-state index contributed by atoms with van der Waals surface area (Å²) >= 11 is 0. The highest BCUT2D eigenvalue weighted by molar-refractivity contribution is 7.74. The fraction of sp³-hybridized carbons (Fsp3) is 0.805. The van der Waals surface area contributed by atoms with E-state index in [4.69, 9.17) is 42.1 Å². The first kappa shape index (κ1) is 66.2. The van der Waals surface area contributed by atoms with Gasteiger partial charge in [-0.1, -0.05) is 61.3 Å². The maximum atomic E-state index is 11.4. The lowest BCUT2D eigenvalue weighted by Crippen LogP contribution is -2.43. The number of aliphatic hydroxyl groups excluding tert-OH is 2. The number of aldehydes is 1. The lowest BCUT2D eigenvalue weighted by atomic mass is 10.1. The van der Waals surface area contributed by atoms with Gasteiger partial charge in [0.2, 0.25) is 5.78 Å². The molecule has 0 radical (unpaired) electrons. The minimum atomic E-state index is -3.70. The number of aliphatic hydroxyl groups is 2. The maximum absolute atomic E-state index is 11.4. The van der Waals surface area contributed by atoms with Crippen LogP contribution in [0.5, 0.6) is 0 Å². The highest BCUT2D eigenvalue weighted by atomic mass is 31.2. The first-order chi connectivity index (χ1) is 27.5. The Morgan fingerprint density at radius 2 is 1.10 bits per heavy atom. The van der Waals surface area contributed by atoms with E-state index in [0.29, 0.717) is 12.2 Å². The van der Waals surface area contributed by atoms with Crippen molar-refractivity contribution in [1.82, 2.24) is 16.0 Å². The smallest absolute Gasteiger partial charge is 0.444 e. The van der Waals surface area contributed by atoms with Gasteiger partial charge in [-0.05, 0) is 86.0 Å². The quantitative estimate of drug-likeness (QED) is 0.0219. The van der Waals surface area contributed by atoms with E-state index < -0.39 is 60.0 Å². The van der Waals surface area contributed by atoms with Gasteiger partial charge in [0.1, 0.15) is 23.1 Å². The van der Waals surface area contributed by atoms with E-state index in [1.807, 2.05) is 76.2 Å². The van der Waals surface area contributed by atoms with Crippen LogP contribution in [-0.4, -0.2) is 119 Å². The predicted octanol–water partition coefficient (Wildman–Crippen LogP) is 6.08. The Labute approximate surface area is 365 Å². The van der Waals surface area contributed by atoms with E-state index in [2.05, 4.69) is 35.7 Å². The molecule has 0 heterocycles. The largest absolute Gasteiger partial charge is 0.446 e. The van der Waals surface area contributed by atoms with Crippen molar-refractivity contribution in [3.05, 3.63) is 5.53 Å². The van der Waals surface area contributed by atoms with Crippen molar-refractivity contribution >= 4 is 43.4 Å². The van der Waals surface area contributed by atoms with Crippen LogP contribution in [0.15, 0.2) is 0 Å². The van der Waals surface area contributed by atoms with Crippen molar-refractivity contribution in [2.75, 3.05) is 27.4 Å². The van der Waals surface area contributed by atoms with Crippen molar-refractivity contribution in [2.24, 2.45) is 29.4 Å². The minimum Gasteiger partial charge on any atom is -0.444 e. The summed E-state index contributed by atoms with van der Waals surface area (Å²) in [5.74, 6) is 2.70. The maximum Gasteiger partial charge on any atom is 0.446 e. The lowest BCUT2D eigenvalue weighted by molar-refractivity contribution is -0.114. The third-order valence-electron chi connectivity index (χ3n) is 6.99. The van der Waals surface area contributed by atoms with Gasteiger partial charge in [0.25, 0.3) is 0 Å². The second-order valence-corrected chi connectivity index (χ2v) is 19.8. The number of nitrogens with two attached hydrogens (primary N) is 1. The Bertz CT molecular complexity index is 1410. The zero-order chi connectivity index (χ0) is 49.7. The number of hydrogen-bond acceptors (Lipinski definition) is 14. The minimum absolute atomic E-state index is 0.0417. The van der Waals surface area contributed by atoms with Gasteiger partial charge in [-0.2, -0.15) is 4.79 Å². The van der Waals surface area contributed by atoms with Crippen molar-refractivity contribution in [1.29, 1.82) is 0 Å². The van der Waals surface area contributed by atoms with Gasteiger partial charge in [-0.15, -0.1) is 6.42 Å². The molecule has 4 atom stereocenters. The molecular weight excluding hydrogens is 815 g/mol. The lowest BCUT2D eigenvalue weighted by Gasteiger charge is -2.24. The van der Waals surface area contributed by atoms with Crippen LogP contribution in [0.4, 0.5) is 14.4 Å². The highest BCUT2D eigenvalue weighted by Gasteiger charge is 2.41. The molecule has 0 aromatic rings. The van der Waals surface area contributed by atoms with Crippen molar-refractivity contribution < 1.29 is 66.8 Å². The molecule has 3 amide bonds. The standard InChI is InChI=1S/C11H19NO2.C10H21NO3.C10H19NO3.C5H9N2O4P.C5H13NO/c1-7-9(8(2)3)12-10(13)14-11(4,5)6;2*1-7(2)8(6-12)11-9(13)14-10(3,4)5;1-4(8)5(7-6)12(9,10-2)11-3;1-4(2)5(6)3-7/h1,8-9H,2-6H3,(H,12,13);7-8,12H,6H2,1-5H3,(H,11,13);6-8H,1-5H3,(H,11,13);1-3H3;4-5,7H,3,6H2,1-2H3/t9-;2*8-;;5-/m000.0/s1. The molecule has 0 saturated heterocycles. The zero-order valence-corrected chi connectivity index (χ0v) is 41.4. The number of carbonyl (C=O) groups excluding carboxylic acids is 5. The number of ketones is 1. The number of ether oxygens (including phenoxy) is 3. The molecule has 0 aliphatic rings. The van der Waals surface area contributed by atoms with Crippen molar-refractivity contribution in [2.45, 2.75) is 166 Å². The summed E-state index contributed by atoms with van der Waals surface area (Å²) in [5.41, 5.74) is 11.6. The van der Waals surface area contributed by atoms with Gasteiger partial charge in [-0.25, -0.2) is 18.9 Å². The zero-order valence-electron chi connectivity index (χ0n) is 40.5. The molecule has 0 bridgehead atoms. The number of nitrogens with zero attached hydrogens (tertiary/aromatic N) is 2. The summed E-state index contributed by atoms with van der Waals surface area (Å²) in [6.45, 7) is 32.7. The molecule has 0 spiro atoms. The van der Waals surface area contributed by atoms with Gasteiger partial charge in [0.15, 0.2) is 0 Å². The molecule has 0 aliphatic carbocycles. The molecule has 0 aliphatic heterocycles. The molecule has 7 N–H and O–H groups in total. The second kappa shape index (κ2) is 32.8. The molecule has 0 aromatic carbocycles. The summed E-state index contributed by atoms with van der Waals surface area (Å²) in [6, 6.07) is -1.04. The van der Waals surface area contributed by atoms with Gasteiger partial charge < -0.3 is 65.5 Å². The summed E-state index contributed by atoms with van der Waals surface area (Å²) in [7, 11) is -1.51. The topological polar surface area (TPSA) is 288 Å². The molecule has 358 valence electrons. The van der Waals surface area contributed by atoms with E-state index in [1.165, 1.54) is 0 Å². The Kier molecular flexibility index (Phi) is 35.6. The monoisotopic (exact) mass is 897 g/mol. The Morgan fingerprint density at radius 1 is 0.721 bits per heavy atom. The number of alkyl carbamates (subject to hydrolysis) is 3. The Morgan fingerprint density at radius 3 is 1.28 bits per heavy atom. The number of rotatable bonds is 14. The fourth-order valence-corrected chi connectivity index (χ4v) is 4.29.